The van der Waals surface area contributed by atoms with E-state index >= 15 is 0 Å². The van der Waals surface area contributed by atoms with Crippen LogP contribution < -0.4 is 59.1 Å². The van der Waals surface area contributed by atoms with Crippen molar-refractivity contribution in [1.82, 2.24) is 0 Å². The van der Waals surface area contributed by atoms with E-state index < -0.39 is 20.2 Å². The van der Waals surface area contributed by atoms with Crippen LogP contribution in [0.15, 0.2) is 0 Å². The van der Waals surface area contributed by atoms with Gasteiger partial charge in [-0.05, 0) is 12.8 Å². The van der Waals surface area contributed by atoms with Crippen LogP contribution in [0.2, 0.25) is 0 Å². The largest absolute Gasteiger partial charge is 1.00 e. The molecule has 12 heteroatoms. The Balaban J connectivity index is -0.00000112. The van der Waals surface area contributed by atoms with Crippen LogP contribution in [0.3, 0.4) is 0 Å². The molecule has 0 unspecified atom stereocenters. The van der Waals surface area contributed by atoms with E-state index in [1.807, 2.05) is 0 Å². The summed E-state index contributed by atoms with van der Waals surface area (Å²) in [5.41, 5.74) is 0. The number of hydrogen-bond acceptors (Lipinski definition) is 7. The smallest absolute Gasteiger partial charge is 0.748 e. The van der Waals surface area contributed by atoms with Crippen molar-refractivity contribution in [1.29, 1.82) is 0 Å². The third-order valence-electron chi connectivity index (χ3n) is 1.34. The van der Waals surface area contributed by atoms with E-state index in [1.54, 1.807) is 0 Å². The zero-order chi connectivity index (χ0) is 12.7. The molecule has 0 saturated carbocycles. The summed E-state index contributed by atoms with van der Waals surface area (Å²) in [6.07, 6.45) is 0.637. The Bertz CT molecular complexity index is 343. The minimum absolute atomic E-state index is 0. The molecular formula is C6H13Na2O6S4+. The average Bonchev–Trinajstić information content (AvgIpc) is 2.06. The molecule has 0 spiro atoms. The molecule has 18 heavy (non-hydrogen) atoms. The molecule has 0 heterocycles. The molecule has 0 bridgehead atoms. The molecule has 0 fully saturated rings. The second-order valence-corrected chi connectivity index (χ2v) is 8.70. The average molecular weight is 355 g/mol. The summed E-state index contributed by atoms with van der Waals surface area (Å²) in [6.45, 7) is 0. The molecule has 0 aromatic heterocycles. The molecule has 0 radical (unpaired) electrons. The number of hydrogen-bond donors (Lipinski definition) is 1. The van der Waals surface area contributed by atoms with Crippen molar-refractivity contribution >= 4 is 41.8 Å². The molecular weight excluding hydrogens is 342 g/mol. The van der Waals surface area contributed by atoms with Gasteiger partial charge in [0.25, 0.3) is 10.1 Å². The summed E-state index contributed by atoms with van der Waals surface area (Å²) in [7, 11) is -5.24. The summed E-state index contributed by atoms with van der Waals surface area (Å²) >= 11 is 0. The molecule has 0 saturated heterocycles. The van der Waals surface area contributed by atoms with Gasteiger partial charge in [0.1, 0.15) is 0 Å². The first-order valence-corrected chi connectivity index (χ1v) is 10.0. The third-order valence-corrected chi connectivity index (χ3v) is 5.51. The first-order valence-electron chi connectivity index (χ1n) is 4.34. The minimum Gasteiger partial charge on any atom is -0.748 e. The molecule has 0 aliphatic carbocycles. The Labute approximate surface area is 160 Å². The second-order valence-electron chi connectivity index (χ2n) is 2.90. The van der Waals surface area contributed by atoms with Gasteiger partial charge in [0.15, 0.2) is 0 Å². The zero-order valence-corrected chi connectivity index (χ0v) is 17.6. The van der Waals surface area contributed by atoms with E-state index in [9.17, 15) is 21.4 Å². The minimum atomic E-state index is -4.13. The maximum absolute atomic E-state index is 10.3. The Morgan fingerprint density at radius 3 is 1.61 bits per heavy atom. The van der Waals surface area contributed by atoms with Crippen molar-refractivity contribution < 1.29 is 85.1 Å². The molecule has 0 amide bonds. The van der Waals surface area contributed by atoms with Crippen LogP contribution in [0.4, 0.5) is 0 Å². The predicted octanol–water partition coefficient (Wildman–Crippen LogP) is -5.41. The van der Waals surface area contributed by atoms with Gasteiger partial charge < -0.3 is 4.55 Å². The van der Waals surface area contributed by atoms with Gasteiger partial charge in [0.05, 0.1) is 15.9 Å². The monoisotopic (exact) mass is 355 g/mol. The molecule has 1 N–H and O–H groups in total. The van der Waals surface area contributed by atoms with Gasteiger partial charge in [0.2, 0.25) is 0 Å². The Morgan fingerprint density at radius 2 is 1.28 bits per heavy atom. The fraction of sp³-hybridized carbons (Fsp3) is 1.00. The van der Waals surface area contributed by atoms with Crippen LogP contribution in [0.1, 0.15) is 12.8 Å². The normalized spacial score (nSPS) is 11.4. The van der Waals surface area contributed by atoms with Crippen LogP contribution in [-0.2, 0) is 20.2 Å². The molecule has 98 valence electrons. The molecule has 0 aromatic rings. The quantitative estimate of drug-likeness (QED) is 0.189. The van der Waals surface area contributed by atoms with Crippen molar-refractivity contribution in [2.24, 2.45) is 0 Å². The van der Waals surface area contributed by atoms with Gasteiger partial charge in [-0.15, -0.1) is 0 Å². The summed E-state index contributed by atoms with van der Waals surface area (Å²) in [4.78, 5) is 0. The summed E-state index contributed by atoms with van der Waals surface area (Å²) in [6, 6.07) is 0. The third kappa shape index (κ3) is 23.6. The SMILES string of the molecule is O=S(=O)([O-])CCCSSCCCS(=O)(=O)O.[Na+].[Na+]. The van der Waals surface area contributed by atoms with E-state index in [2.05, 4.69) is 0 Å². The van der Waals surface area contributed by atoms with Crippen molar-refractivity contribution in [2.75, 3.05) is 23.0 Å². The molecule has 6 nitrogen and oxygen atoms in total. The van der Waals surface area contributed by atoms with Crippen LogP contribution >= 0.6 is 21.6 Å². The maximum atomic E-state index is 10.3. The topological polar surface area (TPSA) is 112 Å². The van der Waals surface area contributed by atoms with Crippen molar-refractivity contribution in [3.05, 3.63) is 0 Å². The Hall–Kier alpha value is 2.52. The van der Waals surface area contributed by atoms with Crippen LogP contribution in [-0.4, -0.2) is 49.0 Å². The van der Waals surface area contributed by atoms with E-state index in [1.165, 1.54) is 21.6 Å². The first kappa shape index (κ1) is 25.5. The van der Waals surface area contributed by atoms with Crippen molar-refractivity contribution in [2.45, 2.75) is 12.8 Å². The van der Waals surface area contributed by atoms with Gasteiger partial charge in [-0.3, -0.25) is 4.55 Å². The van der Waals surface area contributed by atoms with E-state index in [-0.39, 0.29) is 70.6 Å². The van der Waals surface area contributed by atoms with Gasteiger partial charge >= 0.3 is 59.1 Å². The first-order chi connectivity index (χ1) is 7.21. The van der Waals surface area contributed by atoms with Crippen molar-refractivity contribution in [3.8, 4) is 0 Å². The summed E-state index contributed by atoms with van der Waals surface area (Å²) in [5.74, 6) is 0.438. The van der Waals surface area contributed by atoms with E-state index in [0.717, 1.165) is 0 Å². The van der Waals surface area contributed by atoms with Gasteiger partial charge in [-0.2, -0.15) is 8.42 Å². The van der Waals surface area contributed by atoms with E-state index in [0.29, 0.717) is 24.3 Å². The Kier molecular flexibility index (Phi) is 18.7. The summed E-state index contributed by atoms with van der Waals surface area (Å²) < 4.78 is 59.7. The summed E-state index contributed by atoms with van der Waals surface area (Å²) in [5, 5.41) is 0. The van der Waals surface area contributed by atoms with Crippen LogP contribution in [0, 0.1) is 0 Å². The molecule has 0 atom stereocenters. The van der Waals surface area contributed by atoms with Gasteiger partial charge in [-0.25, -0.2) is 8.42 Å². The Morgan fingerprint density at radius 1 is 0.889 bits per heavy atom. The van der Waals surface area contributed by atoms with Gasteiger partial charge in [-0.1, -0.05) is 21.6 Å². The maximum Gasteiger partial charge on any atom is 1.00 e. The molecule has 0 aromatic carbocycles. The molecule has 0 rings (SSSR count). The number of rotatable bonds is 9. The van der Waals surface area contributed by atoms with E-state index in [4.69, 9.17) is 4.55 Å². The van der Waals surface area contributed by atoms with Crippen LogP contribution in [0.25, 0.3) is 0 Å². The second kappa shape index (κ2) is 13.2. The molecule has 0 aliphatic rings. The fourth-order valence-corrected chi connectivity index (χ4v) is 4.26. The standard InChI is InChI=1S/C6H14O6S4.2Na/c7-15(8,9)5-1-3-13-14-4-2-6-16(10,11)12;;/h1-6H2,(H,7,8,9)(H,10,11,12);;/q;2*+1/p-1. The van der Waals surface area contributed by atoms with Crippen LogP contribution in [0.5, 0.6) is 0 Å². The molecule has 0 aliphatic heterocycles. The fourth-order valence-electron chi connectivity index (χ4n) is 0.713. The zero-order valence-electron chi connectivity index (χ0n) is 10.4. The van der Waals surface area contributed by atoms with Gasteiger partial charge in [0, 0.05) is 17.3 Å². The van der Waals surface area contributed by atoms with Crippen molar-refractivity contribution in [3.63, 3.8) is 0 Å². The predicted molar refractivity (Wildman–Crippen MR) is 65.1 cm³/mol.